The fraction of sp³-hybridized carbons (Fsp3) is 0.423. The Morgan fingerprint density at radius 1 is 1.03 bits per heavy atom. The summed E-state index contributed by atoms with van der Waals surface area (Å²) in [5, 5.41) is 13.9. The quantitative estimate of drug-likeness (QED) is 0.349. The predicted octanol–water partition coefficient (Wildman–Crippen LogP) is 2.00. The number of para-hydroxylation sites is 1. The van der Waals surface area contributed by atoms with Gasteiger partial charge in [-0.2, -0.15) is 9.03 Å². The maximum absolute atomic E-state index is 13.6. The Balaban J connectivity index is 1.64. The highest BCUT2D eigenvalue weighted by Crippen LogP contribution is 2.25. The van der Waals surface area contributed by atoms with Gasteiger partial charge in [-0.05, 0) is 55.9 Å². The molecule has 3 atom stereocenters. The number of benzene rings is 1. The summed E-state index contributed by atoms with van der Waals surface area (Å²) in [6, 6.07) is 11.4. The minimum absolute atomic E-state index is 0.0587. The van der Waals surface area contributed by atoms with Crippen LogP contribution in [0, 0.1) is 5.92 Å². The molecule has 2 unspecified atom stereocenters. The molecule has 11 nitrogen and oxygen atoms in total. The molecule has 0 spiro atoms. The molecule has 1 fully saturated rings. The number of aliphatic hydroxyl groups excluding tert-OH is 1. The zero-order valence-electron chi connectivity index (χ0n) is 21.8. The van der Waals surface area contributed by atoms with Gasteiger partial charge >= 0.3 is 0 Å². The Labute approximate surface area is 228 Å². The van der Waals surface area contributed by atoms with Crippen LogP contribution < -0.4 is 10.0 Å². The van der Waals surface area contributed by atoms with Crippen LogP contribution in [-0.2, 0) is 24.8 Å². The summed E-state index contributed by atoms with van der Waals surface area (Å²) in [5.74, 6) is -0.825. The number of rotatable bonds is 9. The third kappa shape index (κ3) is 6.61. The molecule has 1 saturated heterocycles. The molecular formula is C26H33N5O6S2. The van der Waals surface area contributed by atoms with Crippen LogP contribution in [0.5, 0.6) is 0 Å². The van der Waals surface area contributed by atoms with E-state index in [-0.39, 0.29) is 40.7 Å². The lowest BCUT2D eigenvalue weighted by atomic mass is 10.0. The van der Waals surface area contributed by atoms with E-state index in [0.717, 1.165) is 4.31 Å². The Morgan fingerprint density at radius 2 is 1.77 bits per heavy atom. The molecule has 3 heterocycles. The second kappa shape index (κ2) is 12.0. The van der Waals surface area contributed by atoms with Crippen LogP contribution in [-0.4, -0.2) is 67.0 Å². The SMILES string of the molecule is CC(C)CC(NS(=O)(=O)c1cccc2cccnc12)C(=O)NC1[C@@H](O)CCCCN1S(=O)(=O)c1ccccn1. The molecule has 210 valence electrons. The van der Waals surface area contributed by atoms with Crippen molar-refractivity contribution in [3.63, 3.8) is 0 Å². The lowest BCUT2D eigenvalue weighted by Gasteiger charge is -2.33. The van der Waals surface area contributed by atoms with Gasteiger partial charge in [-0.15, -0.1) is 0 Å². The first-order chi connectivity index (χ1) is 18.5. The van der Waals surface area contributed by atoms with Crippen molar-refractivity contribution in [1.82, 2.24) is 24.3 Å². The Morgan fingerprint density at radius 3 is 2.49 bits per heavy atom. The molecule has 1 aliphatic heterocycles. The van der Waals surface area contributed by atoms with Crippen LogP contribution in [0.1, 0.15) is 39.5 Å². The molecule has 13 heteroatoms. The van der Waals surface area contributed by atoms with E-state index in [9.17, 15) is 26.7 Å². The summed E-state index contributed by atoms with van der Waals surface area (Å²) in [6.45, 7) is 3.74. The fourth-order valence-electron chi connectivity index (χ4n) is 4.64. The maximum atomic E-state index is 13.6. The number of amides is 1. The highest BCUT2D eigenvalue weighted by atomic mass is 32.2. The van der Waals surface area contributed by atoms with E-state index in [0.29, 0.717) is 18.2 Å². The summed E-state index contributed by atoms with van der Waals surface area (Å²) >= 11 is 0. The van der Waals surface area contributed by atoms with Crippen molar-refractivity contribution in [3.05, 3.63) is 60.9 Å². The molecule has 3 N–H and O–H groups in total. The van der Waals surface area contributed by atoms with E-state index in [1.807, 2.05) is 13.8 Å². The number of pyridine rings is 2. The molecule has 1 amide bonds. The minimum atomic E-state index is -4.20. The number of carbonyl (C=O) groups excluding carboxylic acids is 1. The van der Waals surface area contributed by atoms with E-state index >= 15 is 0 Å². The molecule has 3 aromatic rings. The minimum Gasteiger partial charge on any atom is -0.390 e. The number of sulfonamides is 2. The molecule has 0 saturated carbocycles. The molecule has 0 bridgehead atoms. The second-order valence-corrected chi connectivity index (χ2v) is 13.5. The summed E-state index contributed by atoms with van der Waals surface area (Å²) < 4.78 is 57.4. The zero-order valence-corrected chi connectivity index (χ0v) is 23.4. The third-order valence-corrected chi connectivity index (χ3v) is 9.81. The molecule has 4 rings (SSSR count). The van der Waals surface area contributed by atoms with Gasteiger partial charge in [0.2, 0.25) is 15.9 Å². The average molecular weight is 576 g/mol. The van der Waals surface area contributed by atoms with Crippen molar-refractivity contribution in [2.24, 2.45) is 5.92 Å². The summed E-state index contributed by atoms with van der Waals surface area (Å²) in [6.07, 6.45) is 1.77. The zero-order chi connectivity index (χ0) is 28.2. The van der Waals surface area contributed by atoms with E-state index in [2.05, 4.69) is 20.0 Å². The molecule has 1 aliphatic rings. The fourth-order valence-corrected chi connectivity index (χ4v) is 7.57. The molecule has 2 aromatic heterocycles. The Kier molecular flexibility index (Phi) is 8.96. The van der Waals surface area contributed by atoms with Crippen LogP contribution in [0.2, 0.25) is 0 Å². The first-order valence-electron chi connectivity index (χ1n) is 12.8. The number of hydrogen-bond acceptors (Lipinski definition) is 8. The van der Waals surface area contributed by atoms with Gasteiger partial charge in [-0.1, -0.05) is 38.1 Å². The number of carbonyl (C=O) groups is 1. The maximum Gasteiger partial charge on any atom is 0.262 e. The molecule has 39 heavy (non-hydrogen) atoms. The van der Waals surface area contributed by atoms with Crippen molar-refractivity contribution in [1.29, 1.82) is 0 Å². The van der Waals surface area contributed by atoms with Gasteiger partial charge in [-0.25, -0.2) is 21.8 Å². The molecule has 0 aliphatic carbocycles. The van der Waals surface area contributed by atoms with Crippen LogP contribution in [0.15, 0.2) is 70.8 Å². The number of hydrogen-bond donors (Lipinski definition) is 3. The highest BCUT2D eigenvalue weighted by molar-refractivity contribution is 7.89. The monoisotopic (exact) mass is 575 g/mol. The predicted molar refractivity (Wildman–Crippen MR) is 145 cm³/mol. The summed E-state index contributed by atoms with van der Waals surface area (Å²) in [5.41, 5.74) is 0.267. The van der Waals surface area contributed by atoms with Crippen LogP contribution in [0.4, 0.5) is 0 Å². The second-order valence-electron chi connectivity index (χ2n) is 9.93. The molecular weight excluding hydrogens is 542 g/mol. The number of aromatic nitrogens is 2. The van der Waals surface area contributed by atoms with Gasteiger partial charge in [-0.3, -0.25) is 9.78 Å². The highest BCUT2D eigenvalue weighted by Gasteiger charge is 2.40. The largest absolute Gasteiger partial charge is 0.390 e. The Hall–Kier alpha value is -2.97. The van der Waals surface area contributed by atoms with Crippen molar-refractivity contribution in [2.75, 3.05) is 6.54 Å². The summed E-state index contributed by atoms with van der Waals surface area (Å²) in [4.78, 5) is 21.7. The van der Waals surface area contributed by atoms with Gasteiger partial charge < -0.3 is 10.4 Å². The lowest BCUT2D eigenvalue weighted by molar-refractivity contribution is -0.125. The van der Waals surface area contributed by atoms with Crippen LogP contribution in [0.25, 0.3) is 10.9 Å². The normalized spacial score (nSPS) is 20.0. The number of aliphatic hydroxyl groups is 1. The first-order valence-corrected chi connectivity index (χ1v) is 15.7. The van der Waals surface area contributed by atoms with E-state index in [4.69, 9.17) is 0 Å². The topological polar surface area (TPSA) is 159 Å². The molecule has 1 aromatic carbocycles. The van der Waals surface area contributed by atoms with Crippen LogP contribution in [0.3, 0.4) is 0 Å². The lowest BCUT2D eigenvalue weighted by Crippen LogP contribution is -2.59. The standard InChI is InChI=1S/C26H33N5O6S2/c1-18(2)17-20(30-38(34,35)22-12-7-9-19-10-8-15-28-24(19)22)26(33)29-25-21(32)11-4-6-16-31(25)39(36,37)23-13-3-5-14-27-23/h3,5,7-10,12-15,18,20-21,25,30,32H,4,6,11,16-17H2,1-2H3,(H,29,33)/t20?,21-,25?/m0/s1. The number of nitrogens with zero attached hydrogens (tertiary/aromatic N) is 3. The van der Waals surface area contributed by atoms with Gasteiger partial charge in [0.15, 0.2) is 5.03 Å². The van der Waals surface area contributed by atoms with E-state index in [1.54, 1.807) is 30.3 Å². The van der Waals surface area contributed by atoms with Crippen molar-refractivity contribution in [2.45, 2.75) is 67.8 Å². The number of nitrogens with one attached hydrogen (secondary N) is 2. The van der Waals surface area contributed by atoms with Crippen LogP contribution >= 0.6 is 0 Å². The molecule has 0 radical (unpaired) electrons. The van der Waals surface area contributed by atoms with E-state index < -0.39 is 44.3 Å². The van der Waals surface area contributed by atoms with Gasteiger partial charge in [0.1, 0.15) is 17.1 Å². The Bertz CT molecular complexity index is 1510. The van der Waals surface area contributed by atoms with Gasteiger partial charge in [0, 0.05) is 24.3 Å². The summed E-state index contributed by atoms with van der Waals surface area (Å²) in [7, 11) is -8.36. The van der Waals surface area contributed by atoms with Crippen molar-refractivity contribution < 1.29 is 26.7 Å². The van der Waals surface area contributed by atoms with Gasteiger partial charge in [0.05, 0.1) is 11.6 Å². The number of fused-ring (bicyclic) bond motifs is 1. The van der Waals surface area contributed by atoms with Crippen molar-refractivity contribution in [3.8, 4) is 0 Å². The smallest absolute Gasteiger partial charge is 0.262 e. The van der Waals surface area contributed by atoms with Gasteiger partial charge in [0.25, 0.3) is 10.0 Å². The average Bonchev–Trinajstić information content (AvgIpc) is 3.09. The van der Waals surface area contributed by atoms with Crippen molar-refractivity contribution >= 4 is 36.9 Å². The first kappa shape index (κ1) is 29.0. The third-order valence-electron chi connectivity index (χ3n) is 6.51. The van der Waals surface area contributed by atoms with E-state index in [1.165, 1.54) is 30.6 Å².